The van der Waals surface area contributed by atoms with Gasteiger partial charge in [0.05, 0.1) is 6.61 Å². The van der Waals surface area contributed by atoms with E-state index >= 15 is 0 Å². The van der Waals surface area contributed by atoms with Crippen LogP contribution in [0.5, 0.6) is 0 Å². The number of likely N-dealkylation sites (tertiary alicyclic amines) is 1. The predicted molar refractivity (Wildman–Crippen MR) is 75.0 cm³/mol. The van der Waals surface area contributed by atoms with Crippen LogP contribution in [0.25, 0.3) is 0 Å². The van der Waals surface area contributed by atoms with Gasteiger partial charge in [-0.1, -0.05) is 24.3 Å². The molecule has 2 aliphatic rings. The average molecular weight is 261 g/mol. The van der Waals surface area contributed by atoms with E-state index in [4.69, 9.17) is 0 Å². The van der Waals surface area contributed by atoms with Crippen molar-refractivity contribution in [1.82, 2.24) is 4.90 Å². The molecule has 0 spiro atoms. The van der Waals surface area contributed by atoms with Crippen LogP contribution >= 0.6 is 0 Å². The zero-order valence-electron chi connectivity index (χ0n) is 11.4. The van der Waals surface area contributed by atoms with Crippen LogP contribution in [0.3, 0.4) is 0 Å². The lowest BCUT2D eigenvalue weighted by atomic mass is 9.93. The van der Waals surface area contributed by atoms with Gasteiger partial charge in [0.15, 0.2) is 0 Å². The average Bonchev–Trinajstić information content (AvgIpc) is 3.24. The summed E-state index contributed by atoms with van der Waals surface area (Å²) in [5.41, 5.74) is 1.99. The third kappa shape index (κ3) is 2.99. The first-order chi connectivity index (χ1) is 9.20. The Hall–Kier alpha value is -0.900. The van der Waals surface area contributed by atoms with Gasteiger partial charge in [0.25, 0.3) is 0 Å². The van der Waals surface area contributed by atoms with E-state index in [1.54, 1.807) is 0 Å². The summed E-state index contributed by atoms with van der Waals surface area (Å²) in [5, 5.41) is 19.5. The number of hydrogen-bond donors (Lipinski definition) is 2. The van der Waals surface area contributed by atoms with Crippen molar-refractivity contribution in [2.75, 3.05) is 19.7 Å². The van der Waals surface area contributed by atoms with E-state index in [-0.39, 0.29) is 6.61 Å². The van der Waals surface area contributed by atoms with Crippen LogP contribution in [0.2, 0.25) is 0 Å². The molecule has 19 heavy (non-hydrogen) atoms. The van der Waals surface area contributed by atoms with Gasteiger partial charge >= 0.3 is 0 Å². The van der Waals surface area contributed by atoms with Gasteiger partial charge < -0.3 is 10.2 Å². The lowest BCUT2D eigenvalue weighted by Crippen LogP contribution is -2.50. The van der Waals surface area contributed by atoms with Crippen molar-refractivity contribution < 1.29 is 10.2 Å². The van der Waals surface area contributed by atoms with Crippen molar-refractivity contribution >= 4 is 0 Å². The zero-order chi connectivity index (χ0) is 13.3. The number of rotatable bonds is 4. The Bertz CT molecular complexity index is 444. The molecule has 104 valence electrons. The SMILES string of the molecule is OC[C@]1(O)CCCN(Cc2ccccc2C2CC2)C1. The van der Waals surface area contributed by atoms with E-state index in [2.05, 4.69) is 29.2 Å². The van der Waals surface area contributed by atoms with Crippen LogP contribution in [-0.2, 0) is 6.54 Å². The summed E-state index contributed by atoms with van der Waals surface area (Å²) in [4.78, 5) is 2.28. The van der Waals surface area contributed by atoms with E-state index in [0.717, 1.165) is 25.4 Å². The third-order valence-corrected chi connectivity index (χ3v) is 4.39. The molecular weight excluding hydrogens is 238 g/mol. The maximum absolute atomic E-state index is 10.2. The first kappa shape index (κ1) is 13.1. The molecule has 2 N–H and O–H groups in total. The number of hydrogen-bond acceptors (Lipinski definition) is 3. The predicted octanol–water partition coefficient (Wildman–Crippen LogP) is 1.88. The minimum Gasteiger partial charge on any atom is -0.393 e. The molecule has 3 nitrogen and oxygen atoms in total. The van der Waals surface area contributed by atoms with Crippen LogP contribution in [0, 0.1) is 0 Å². The molecule has 0 bridgehead atoms. The Labute approximate surface area is 114 Å². The number of β-amino-alcohol motifs (C(OH)–C–C–N with tert-alkyl or cyclic N) is 1. The number of aliphatic hydroxyl groups is 2. The Balaban J connectivity index is 1.71. The molecule has 3 rings (SSSR count). The largest absolute Gasteiger partial charge is 0.393 e. The fourth-order valence-corrected chi connectivity index (χ4v) is 3.18. The summed E-state index contributed by atoms with van der Waals surface area (Å²) < 4.78 is 0. The van der Waals surface area contributed by atoms with E-state index in [0.29, 0.717) is 13.0 Å². The molecule has 1 aromatic carbocycles. The van der Waals surface area contributed by atoms with E-state index in [1.807, 2.05) is 0 Å². The van der Waals surface area contributed by atoms with E-state index in [9.17, 15) is 10.2 Å². The summed E-state index contributed by atoms with van der Waals surface area (Å²) in [7, 11) is 0. The molecule has 1 aromatic rings. The minimum absolute atomic E-state index is 0.131. The number of nitrogens with zero attached hydrogens (tertiary/aromatic N) is 1. The molecule has 1 saturated heterocycles. The summed E-state index contributed by atoms with van der Waals surface area (Å²) >= 11 is 0. The smallest absolute Gasteiger partial charge is 0.100 e. The Morgan fingerprint density at radius 3 is 2.79 bits per heavy atom. The molecule has 2 fully saturated rings. The highest BCUT2D eigenvalue weighted by Crippen LogP contribution is 2.42. The highest BCUT2D eigenvalue weighted by Gasteiger charge is 2.33. The maximum atomic E-state index is 10.2. The molecular formula is C16H23NO2. The molecule has 1 heterocycles. The zero-order valence-corrected chi connectivity index (χ0v) is 11.4. The van der Waals surface area contributed by atoms with Crippen LogP contribution in [0.15, 0.2) is 24.3 Å². The van der Waals surface area contributed by atoms with Crippen LogP contribution in [0.1, 0.15) is 42.7 Å². The van der Waals surface area contributed by atoms with E-state index in [1.165, 1.54) is 24.0 Å². The van der Waals surface area contributed by atoms with Crippen LogP contribution < -0.4 is 0 Å². The van der Waals surface area contributed by atoms with Crippen molar-refractivity contribution in [3.05, 3.63) is 35.4 Å². The van der Waals surface area contributed by atoms with Gasteiger partial charge in [0, 0.05) is 13.1 Å². The van der Waals surface area contributed by atoms with E-state index < -0.39 is 5.60 Å². The molecule has 1 saturated carbocycles. The second kappa shape index (κ2) is 5.23. The van der Waals surface area contributed by atoms with Gasteiger partial charge in [-0.2, -0.15) is 0 Å². The number of aliphatic hydroxyl groups excluding tert-OH is 1. The molecule has 0 amide bonds. The second-order valence-electron chi connectivity index (χ2n) is 6.17. The van der Waals surface area contributed by atoms with Crippen molar-refractivity contribution in [2.24, 2.45) is 0 Å². The summed E-state index contributed by atoms with van der Waals surface area (Å²) in [6.45, 7) is 2.37. The highest BCUT2D eigenvalue weighted by atomic mass is 16.3. The van der Waals surface area contributed by atoms with Crippen LogP contribution in [-0.4, -0.2) is 40.4 Å². The number of piperidine rings is 1. The molecule has 0 radical (unpaired) electrons. The summed E-state index contributed by atoms with van der Waals surface area (Å²) in [6.07, 6.45) is 4.31. The molecule has 1 aliphatic heterocycles. The highest BCUT2D eigenvalue weighted by molar-refractivity contribution is 5.33. The lowest BCUT2D eigenvalue weighted by Gasteiger charge is -2.38. The Kier molecular flexibility index (Phi) is 3.61. The minimum atomic E-state index is -0.896. The Morgan fingerprint density at radius 1 is 1.26 bits per heavy atom. The normalized spacial score (nSPS) is 28.5. The van der Waals surface area contributed by atoms with Crippen molar-refractivity contribution in [3.63, 3.8) is 0 Å². The lowest BCUT2D eigenvalue weighted by molar-refractivity contribution is -0.0687. The molecule has 0 unspecified atom stereocenters. The Morgan fingerprint density at radius 2 is 2.05 bits per heavy atom. The molecule has 1 atom stereocenters. The van der Waals surface area contributed by atoms with Gasteiger partial charge in [-0.25, -0.2) is 0 Å². The quantitative estimate of drug-likeness (QED) is 0.870. The van der Waals surface area contributed by atoms with Gasteiger partial charge in [-0.3, -0.25) is 4.90 Å². The van der Waals surface area contributed by atoms with Gasteiger partial charge in [-0.05, 0) is 49.3 Å². The fraction of sp³-hybridized carbons (Fsp3) is 0.625. The van der Waals surface area contributed by atoms with Crippen LogP contribution in [0.4, 0.5) is 0 Å². The number of benzene rings is 1. The molecule has 1 aliphatic carbocycles. The third-order valence-electron chi connectivity index (χ3n) is 4.39. The van der Waals surface area contributed by atoms with Gasteiger partial charge in [0.2, 0.25) is 0 Å². The first-order valence-corrected chi connectivity index (χ1v) is 7.34. The van der Waals surface area contributed by atoms with Gasteiger partial charge in [0.1, 0.15) is 5.60 Å². The first-order valence-electron chi connectivity index (χ1n) is 7.34. The maximum Gasteiger partial charge on any atom is 0.100 e. The van der Waals surface area contributed by atoms with Gasteiger partial charge in [-0.15, -0.1) is 0 Å². The molecule has 0 aromatic heterocycles. The fourth-order valence-electron chi connectivity index (χ4n) is 3.18. The monoisotopic (exact) mass is 261 g/mol. The topological polar surface area (TPSA) is 43.7 Å². The van der Waals surface area contributed by atoms with Crippen molar-refractivity contribution in [1.29, 1.82) is 0 Å². The van der Waals surface area contributed by atoms with Crippen molar-refractivity contribution in [2.45, 2.75) is 43.7 Å². The summed E-state index contributed by atoms with van der Waals surface area (Å²) in [6, 6.07) is 8.68. The molecule has 3 heteroatoms. The summed E-state index contributed by atoms with van der Waals surface area (Å²) in [5.74, 6) is 0.762. The standard InChI is InChI=1S/C16H23NO2/c18-12-16(19)8-3-9-17(11-16)10-14-4-1-2-5-15(14)13-6-7-13/h1-2,4-5,13,18-19H,3,6-12H2/t16-/m0/s1. The second-order valence-corrected chi connectivity index (χ2v) is 6.17. The van der Waals surface area contributed by atoms with Crippen molar-refractivity contribution in [3.8, 4) is 0 Å².